The second kappa shape index (κ2) is 9.78. The maximum atomic E-state index is 12.2. The summed E-state index contributed by atoms with van der Waals surface area (Å²) in [5, 5.41) is 6.52. The Morgan fingerprint density at radius 2 is 2.00 bits per heavy atom. The van der Waals surface area contributed by atoms with Crippen LogP contribution in [-0.2, 0) is 14.8 Å². The summed E-state index contributed by atoms with van der Waals surface area (Å²) >= 11 is 0. The number of aryl methyl sites for hydroxylation is 2. The highest BCUT2D eigenvalue weighted by Crippen LogP contribution is 2.18. The molecular weight excluding hydrogens is 330 g/mol. The zero-order valence-corrected chi connectivity index (χ0v) is 15.8. The van der Waals surface area contributed by atoms with Gasteiger partial charge in [-0.2, -0.15) is 0 Å². The summed E-state index contributed by atoms with van der Waals surface area (Å²) in [4.78, 5) is 11.9. The van der Waals surface area contributed by atoms with Crippen molar-refractivity contribution in [1.29, 1.82) is 0 Å². The predicted octanol–water partition coefficient (Wildman–Crippen LogP) is 2.29. The molecule has 24 heavy (non-hydrogen) atoms. The van der Waals surface area contributed by atoms with E-state index in [0.717, 1.165) is 25.7 Å². The van der Waals surface area contributed by atoms with Gasteiger partial charge in [0.05, 0.1) is 0 Å². The Morgan fingerprint density at radius 3 is 2.54 bits per heavy atom. The third kappa shape index (κ3) is 6.24. The van der Waals surface area contributed by atoms with E-state index in [1.807, 2.05) is 0 Å². The van der Waals surface area contributed by atoms with E-state index in [2.05, 4.69) is 29.0 Å². The third-order valence-electron chi connectivity index (χ3n) is 4.01. The number of nitrogens with one attached hydrogen (secondary N) is 2. The van der Waals surface area contributed by atoms with Gasteiger partial charge < -0.3 is 9.84 Å². The number of carbonyl (C=O) groups excluding carboxylic acids is 1. The zero-order chi connectivity index (χ0) is 18.2. The maximum absolute atomic E-state index is 12.2. The molecule has 1 rings (SSSR count). The van der Waals surface area contributed by atoms with Gasteiger partial charge in [-0.25, -0.2) is 13.1 Å². The predicted molar refractivity (Wildman–Crippen MR) is 92.1 cm³/mol. The molecule has 7 nitrogen and oxygen atoms in total. The summed E-state index contributed by atoms with van der Waals surface area (Å²) in [5.74, 6) is 0.575. The van der Waals surface area contributed by atoms with Crippen molar-refractivity contribution in [1.82, 2.24) is 15.2 Å². The van der Waals surface area contributed by atoms with Crippen LogP contribution in [0, 0.1) is 19.8 Å². The molecule has 1 atom stereocenters. The molecule has 0 saturated carbocycles. The quantitative estimate of drug-likeness (QED) is 0.631. The molecule has 0 bridgehead atoms. The van der Waals surface area contributed by atoms with Crippen molar-refractivity contribution in [2.45, 2.75) is 64.7 Å². The molecular formula is C16H29N3O4S. The number of hydrogen-bond donors (Lipinski definition) is 2. The number of unbranched alkanes of at least 4 members (excludes halogenated alkanes) is 1. The van der Waals surface area contributed by atoms with Gasteiger partial charge in [0.2, 0.25) is 15.9 Å². The first-order valence-corrected chi connectivity index (χ1v) is 9.99. The molecule has 0 aromatic carbocycles. The van der Waals surface area contributed by atoms with Crippen LogP contribution in [0.3, 0.4) is 0 Å². The molecule has 0 spiro atoms. The first kappa shape index (κ1) is 20.6. The van der Waals surface area contributed by atoms with Gasteiger partial charge in [-0.1, -0.05) is 38.3 Å². The van der Waals surface area contributed by atoms with Crippen LogP contribution in [-0.4, -0.2) is 32.6 Å². The van der Waals surface area contributed by atoms with Gasteiger partial charge in [-0.05, 0) is 26.2 Å². The smallest absolute Gasteiger partial charge is 0.245 e. The van der Waals surface area contributed by atoms with Crippen molar-refractivity contribution in [2.24, 2.45) is 5.92 Å². The highest BCUT2D eigenvalue weighted by atomic mass is 32.2. The molecule has 0 radical (unpaired) electrons. The van der Waals surface area contributed by atoms with Gasteiger partial charge in [-0.15, -0.1) is 0 Å². The molecule has 0 aliphatic heterocycles. The summed E-state index contributed by atoms with van der Waals surface area (Å²) in [6.07, 6.45) is 4.54. The first-order chi connectivity index (χ1) is 11.3. The Labute approximate surface area is 144 Å². The molecule has 0 saturated heterocycles. The lowest BCUT2D eigenvalue weighted by Crippen LogP contribution is -2.33. The van der Waals surface area contributed by atoms with E-state index in [0.29, 0.717) is 18.2 Å². The van der Waals surface area contributed by atoms with E-state index in [4.69, 9.17) is 4.52 Å². The number of amides is 1. The summed E-state index contributed by atoms with van der Waals surface area (Å²) in [7, 11) is -3.71. The second-order valence-electron chi connectivity index (χ2n) is 6.02. The van der Waals surface area contributed by atoms with Crippen LogP contribution in [0.25, 0.3) is 0 Å². The van der Waals surface area contributed by atoms with Gasteiger partial charge in [0, 0.05) is 19.5 Å². The van der Waals surface area contributed by atoms with Gasteiger partial charge >= 0.3 is 0 Å². The van der Waals surface area contributed by atoms with E-state index in [1.165, 1.54) is 0 Å². The van der Waals surface area contributed by atoms with Gasteiger partial charge in [-0.3, -0.25) is 4.79 Å². The molecule has 1 aromatic heterocycles. The number of sulfonamides is 1. The summed E-state index contributed by atoms with van der Waals surface area (Å²) in [5.41, 5.74) is 0.311. The minimum atomic E-state index is -3.71. The van der Waals surface area contributed by atoms with Crippen molar-refractivity contribution < 1.29 is 17.7 Å². The molecule has 1 amide bonds. The minimum Gasteiger partial charge on any atom is -0.360 e. The molecule has 1 unspecified atom stereocenters. The Kier molecular flexibility index (Phi) is 8.41. The highest BCUT2D eigenvalue weighted by Gasteiger charge is 2.23. The standard InChI is InChI=1S/C16H29N3O4S/c1-5-7-8-14(6-2)11-17-15(20)9-10-18-24(21,22)16-12(3)19-23-13(16)4/h14,18H,5-11H2,1-4H3,(H,17,20). The van der Waals surface area contributed by atoms with E-state index < -0.39 is 10.0 Å². The van der Waals surface area contributed by atoms with Gasteiger partial charge in [0.1, 0.15) is 10.6 Å². The molecule has 2 N–H and O–H groups in total. The van der Waals surface area contributed by atoms with Crippen molar-refractivity contribution in [3.8, 4) is 0 Å². The fraction of sp³-hybridized carbons (Fsp3) is 0.750. The van der Waals surface area contributed by atoms with Crippen molar-refractivity contribution >= 4 is 15.9 Å². The Bertz CT molecular complexity index is 606. The molecule has 8 heteroatoms. The monoisotopic (exact) mass is 359 g/mol. The van der Waals surface area contributed by atoms with Crippen LogP contribution in [0.15, 0.2) is 9.42 Å². The lowest BCUT2D eigenvalue weighted by molar-refractivity contribution is -0.121. The topological polar surface area (TPSA) is 101 Å². The second-order valence-corrected chi connectivity index (χ2v) is 7.73. The van der Waals surface area contributed by atoms with Crippen LogP contribution in [0.1, 0.15) is 57.4 Å². The Morgan fingerprint density at radius 1 is 1.29 bits per heavy atom. The fourth-order valence-corrected chi connectivity index (χ4v) is 3.88. The van der Waals surface area contributed by atoms with Crippen LogP contribution in [0.2, 0.25) is 0 Å². The molecule has 0 fully saturated rings. The number of carbonyl (C=O) groups is 1. The normalized spacial score (nSPS) is 13.0. The number of aromatic nitrogens is 1. The van der Waals surface area contributed by atoms with Crippen LogP contribution >= 0.6 is 0 Å². The molecule has 1 aromatic rings. The SMILES string of the molecule is CCCCC(CC)CNC(=O)CCNS(=O)(=O)c1c(C)noc1C. The highest BCUT2D eigenvalue weighted by molar-refractivity contribution is 7.89. The van der Waals surface area contributed by atoms with Crippen LogP contribution in [0.5, 0.6) is 0 Å². The summed E-state index contributed by atoms with van der Waals surface area (Å²) < 4.78 is 31.7. The van der Waals surface area contributed by atoms with E-state index in [1.54, 1.807) is 13.8 Å². The largest absolute Gasteiger partial charge is 0.360 e. The minimum absolute atomic E-state index is 0.0456. The molecule has 138 valence electrons. The van der Waals surface area contributed by atoms with E-state index in [9.17, 15) is 13.2 Å². The van der Waals surface area contributed by atoms with Crippen LogP contribution < -0.4 is 10.0 Å². The molecule has 1 heterocycles. The molecule has 0 aliphatic carbocycles. The number of rotatable bonds is 11. The lowest BCUT2D eigenvalue weighted by atomic mass is 9.99. The Balaban J connectivity index is 2.40. The Hall–Kier alpha value is -1.41. The van der Waals surface area contributed by atoms with E-state index in [-0.39, 0.29) is 29.5 Å². The van der Waals surface area contributed by atoms with Crippen molar-refractivity contribution in [2.75, 3.05) is 13.1 Å². The van der Waals surface area contributed by atoms with Gasteiger partial charge in [0.25, 0.3) is 0 Å². The van der Waals surface area contributed by atoms with Crippen molar-refractivity contribution in [3.63, 3.8) is 0 Å². The zero-order valence-electron chi connectivity index (χ0n) is 15.0. The van der Waals surface area contributed by atoms with E-state index >= 15 is 0 Å². The number of nitrogens with zero attached hydrogens (tertiary/aromatic N) is 1. The lowest BCUT2D eigenvalue weighted by Gasteiger charge is -2.15. The average molecular weight is 359 g/mol. The molecule has 0 aliphatic rings. The maximum Gasteiger partial charge on any atom is 0.245 e. The summed E-state index contributed by atoms with van der Waals surface area (Å²) in [6, 6.07) is 0. The van der Waals surface area contributed by atoms with Crippen molar-refractivity contribution in [3.05, 3.63) is 11.5 Å². The number of hydrogen-bond acceptors (Lipinski definition) is 5. The first-order valence-electron chi connectivity index (χ1n) is 8.51. The third-order valence-corrected chi connectivity index (χ3v) is 5.72. The van der Waals surface area contributed by atoms with Crippen LogP contribution in [0.4, 0.5) is 0 Å². The van der Waals surface area contributed by atoms with Gasteiger partial charge in [0.15, 0.2) is 5.76 Å². The average Bonchev–Trinajstić information content (AvgIpc) is 2.87. The summed E-state index contributed by atoms with van der Waals surface area (Å²) in [6.45, 7) is 8.07. The fourth-order valence-electron chi connectivity index (χ4n) is 2.52.